The molecule has 0 saturated heterocycles. The average molecular weight is 388 g/mol. The number of benzene rings is 1. The quantitative estimate of drug-likeness (QED) is 0.675. The second-order valence-electron chi connectivity index (χ2n) is 6.93. The fraction of sp³-hybridized carbons (Fsp3) is 0.217. The summed E-state index contributed by atoms with van der Waals surface area (Å²) in [5, 5.41) is 2.85. The highest BCUT2D eigenvalue weighted by atomic mass is 16.2. The Bertz CT molecular complexity index is 989. The first kappa shape index (κ1) is 20.2. The highest BCUT2D eigenvalue weighted by Gasteiger charge is 2.15. The summed E-state index contributed by atoms with van der Waals surface area (Å²) in [7, 11) is 1.75. The monoisotopic (exact) mass is 388 g/mol. The van der Waals surface area contributed by atoms with Crippen LogP contribution in [0.25, 0.3) is 0 Å². The van der Waals surface area contributed by atoms with Crippen LogP contribution >= 0.6 is 0 Å². The number of carbonyl (C=O) groups is 2. The van der Waals surface area contributed by atoms with Crippen LogP contribution < -0.4 is 5.32 Å². The molecule has 3 rings (SSSR count). The molecule has 2 amide bonds. The predicted molar refractivity (Wildman–Crippen MR) is 111 cm³/mol. The number of likely N-dealkylation sites (N-methyl/N-ethyl adjacent to an activating group) is 1. The number of aryl methyl sites for hydroxylation is 1. The molecular weight excluding hydrogens is 364 g/mol. The Morgan fingerprint density at radius 1 is 1.00 bits per heavy atom. The molecule has 0 aliphatic carbocycles. The number of rotatable bonds is 7. The molecule has 0 unspecified atom stereocenters. The molecule has 1 aromatic carbocycles. The van der Waals surface area contributed by atoms with E-state index in [1.54, 1.807) is 30.4 Å². The van der Waals surface area contributed by atoms with Gasteiger partial charge in [0.15, 0.2) is 0 Å². The summed E-state index contributed by atoms with van der Waals surface area (Å²) in [5.74, 6) is -0.449. The minimum atomic E-state index is -0.305. The molecule has 29 heavy (non-hydrogen) atoms. The summed E-state index contributed by atoms with van der Waals surface area (Å²) in [6.45, 7) is 2.99. The summed E-state index contributed by atoms with van der Waals surface area (Å²) in [6, 6.07) is 15.0. The van der Waals surface area contributed by atoms with Crippen molar-refractivity contribution in [3.8, 4) is 0 Å². The van der Waals surface area contributed by atoms with Crippen molar-refractivity contribution in [3.05, 3.63) is 95.1 Å². The zero-order valence-electron chi connectivity index (χ0n) is 16.6. The van der Waals surface area contributed by atoms with Gasteiger partial charge in [-0.1, -0.05) is 29.8 Å². The van der Waals surface area contributed by atoms with E-state index in [1.165, 1.54) is 12.3 Å². The molecule has 6 heteroatoms. The highest BCUT2D eigenvalue weighted by Crippen LogP contribution is 2.08. The molecule has 0 atom stereocenters. The van der Waals surface area contributed by atoms with Gasteiger partial charge in [0, 0.05) is 44.3 Å². The van der Waals surface area contributed by atoms with Gasteiger partial charge in [0.2, 0.25) is 0 Å². The maximum Gasteiger partial charge on any atom is 0.270 e. The van der Waals surface area contributed by atoms with Gasteiger partial charge < -0.3 is 10.2 Å². The summed E-state index contributed by atoms with van der Waals surface area (Å²) in [6.07, 6.45) is 5.70. The Hall–Kier alpha value is -3.54. The standard InChI is InChI=1S/C23H24N4O2/c1-17-4-3-5-19(14-17)16-26-22(28)21-15-20(8-12-25-21)23(29)27(2)13-9-18-6-10-24-11-7-18/h3-8,10-12,14-15H,9,13,16H2,1-2H3,(H,26,28). The highest BCUT2D eigenvalue weighted by molar-refractivity contribution is 5.98. The van der Waals surface area contributed by atoms with E-state index >= 15 is 0 Å². The lowest BCUT2D eigenvalue weighted by molar-refractivity contribution is 0.0796. The molecule has 1 N–H and O–H groups in total. The lowest BCUT2D eigenvalue weighted by Crippen LogP contribution is -2.29. The first-order valence-electron chi connectivity index (χ1n) is 9.47. The van der Waals surface area contributed by atoms with E-state index in [4.69, 9.17) is 0 Å². The first-order valence-corrected chi connectivity index (χ1v) is 9.47. The topological polar surface area (TPSA) is 75.2 Å². The van der Waals surface area contributed by atoms with Crippen molar-refractivity contribution in [2.24, 2.45) is 0 Å². The van der Waals surface area contributed by atoms with E-state index in [0.717, 1.165) is 23.1 Å². The van der Waals surface area contributed by atoms with Gasteiger partial charge in [-0.25, -0.2) is 0 Å². The van der Waals surface area contributed by atoms with E-state index in [9.17, 15) is 9.59 Å². The van der Waals surface area contributed by atoms with Crippen LogP contribution in [0, 0.1) is 6.92 Å². The van der Waals surface area contributed by atoms with Gasteiger partial charge in [0.25, 0.3) is 11.8 Å². The predicted octanol–water partition coefficient (Wildman–Crippen LogP) is 3.03. The van der Waals surface area contributed by atoms with Crippen molar-refractivity contribution >= 4 is 11.8 Å². The maximum atomic E-state index is 12.7. The third kappa shape index (κ3) is 5.72. The molecule has 0 saturated carbocycles. The fourth-order valence-electron chi connectivity index (χ4n) is 2.95. The molecule has 0 radical (unpaired) electrons. The van der Waals surface area contributed by atoms with E-state index in [-0.39, 0.29) is 17.5 Å². The molecule has 0 aliphatic rings. The molecule has 0 aliphatic heterocycles. The van der Waals surface area contributed by atoms with Crippen LogP contribution in [0.1, 0.15) is 37.5 Å². The molecule has 6 nitrogen and oxygen atoms in total. The molecule has 0 bridgehead atoms. The Labute approximate surface area is 170 Å². The molecule has 3 aromatic rings. The average Bonchev–Trinajstić information content (AvgIpc) is 2.76. The number of nitrogens with one attached hydrogen (secondary N) is 1. The summed E-state index contributed by atoms with van der Waals surface area (Å²) < 4.78 is 0. The zero-order valence-corrected chi connectivity index (χ0v) is 16.6. The van der Waals surface area contributed by atoms with E-state index < -0.39 is 0 Å². The van der Waals surface area contributed by atoms with E-state index in [0.29, 0.717) is 18.7 Å². The molecule has 2 aromatic heterocycles. The van der Waals surface area contributed by atoms with Gasteiger partial charge in [0.1, 0.15) is 5.69 Å². The molecule has 0 spiro atoms. The minimum Gasteiger partial charge on any atom is -0.347 e. The van der Waals surface area contributed by atoms with Gasteiger partial charge in [-0.05, 0) is 48.7 Å². The van der Waals surface area contributed by atoms with Crippen LogP contribution in [-0.4, -0.2) is 40.3 Å². The Morgan fingerprint density at radius 2 is 1.79 bits per heavy atom. The zero-order chi connectivity index (χ0) is 20.6. The van der Waals surface area contributed by atoms with Gasteiger partial charge in [-0.15, -0.1) is 0 Å². The minimum absolute atomic E-state index is 0.144. The van der Waals surface area contributed by atoms with E-state index in [2.05, 4.69) is 15.3 Å². The first-order chi connectivity index (χ1) is 14.0. The Kier molecular flexibility index (Phi) is 6.68. The number of hydrogen-bond acceptors (Lipinski definition) is 4. The van der Waals surface area contributed by atoms with Gasteiger partial charge in [0.05, 0.1) is 0 Å². The van der Waals surface area contributed by atoms with Crippen molar-refractivity contribution in [1.29, 1.82) is 0 Å². The number of aromatic nitrogens is 2. The molecule has 2 heterocycles. The SMILES string of the molecule is Cc1cccc(CNC(=O)c2cc(C(=O)N(C)CCc3ccncc3)ccn2)c1. The molecular formula is C23H24N4O2. The van der Waals surface area contributed by atoms with Crippen molar-refractivity contribution in [2.75, 3.05) is 13.6 Å². The van der Waals surface area contributed by atoms with E-state index in [1.807, 2.05) is 43.3 Å². The second kappa shape index (κ2) is 9.59. The van der Waals surface area contributed by atoms with Crippen molar-refractivity contribution < 1.29 is 9.59 Å². The number of amides is 2. The van der Waals surface area contributed by atoms with Crippen LogP contribution in [0.5, 0.6) is 0 Å². The third-order valence-corrected chi connectivity index (χ3v) is 4.61. The molecule has 148 valence electrons. The largest absolute Gasteiger partial charge is 0.347 e. The number of pyridine rings is 2. The lowest BCUT2D eigenvalue weighted by atomic mass is 10.1. The van der Waals surface area contributed by atoms with Crippen molar-refractivity contribution in [2.45, 2.75) is 19.9 Å². The van der Waals surface area contributed by atoms with Crippen LogP contribution in [0.4, 0.5) is 0 Å². The Morgan fingerprint density at radius 3 is 2.55 bits per heavy atom. The van der Waals surface area contributed by atoms with Gasteiger partial charge in [-0.3, -0.25) is 19.6 Å². The number of nitrogens with zero attached hydrogens (tertiary/aromatic N) is 3. The molecule has 0 fully saturated rings. The maximum absolute atomic E-state index is 12.7. The van der Waals surface area contributed by atoms with Crippen LogP contribution in [0.2, 0.25) is 0 Å². The number of hydrogen-bond donors (Lipinski definition) is 1. The van der Waals surface area contributed by atoms with Gasteiger partial charge >= 0.3 is 0 Å². The summed E-state index contributed by atoms with van der Waals surface area (Å²) >= 11 is 0. The second-order valence-corrected chi connectivity index (χ2v) is 6.93. The fourth-order valence-corrected chi connectivity index (χ4v) is 2.95. The summed E-state index contributed by atoms with van der Waals surface area (Å²) in [5.41, 5.74) is 3.94. The van der Waals surface area contributed by atoms with Crippen LogP contribution in [0.3, 0.4) is 0 Å². The van der Waals surface area contributed by atoms with Gasteiger partial charge in [-0.2, -0.15) is 0 Å². The Balaban J connectivity index is 1.60. The smallest absolute Gasteiger partial charge is 0.270 e. The lowest BCUT2D eigenvalue weighted by Gasteiger charge is -2.17. The van der Waals surface area contributed by atoms with Crippen LogP contribution in [-0.2, 0) is 13.0 Å². The van der Waals surface area contributed by atoms with Crippen molar-refractivity contribution in [3.63, 3.8) is 0 Å². The van der Waals surface area contributed by atoms with Crippen molar-refractivity contribution in [1.82, 2.24) is 20.2 Å². The summed E-state index contributed by atoms with van der Waals surface area (Å²) in [4.78, 5) is 34.9. The normalized spacial score (nSPS) is 10.4. The number of carbonyl (C=O) groups excluding carboxylic acids is 2. The third-order valence-electron chi connectivity index (χ3n) is 4.61. The van der Waals surface area contributed by atoms with Crippen LogP contribution in [0.15, 0.2) is 67.1 Å².